The average Bonchev–Trinajstić information content (AvgIpc) is 2.49. The van der Waals surface area contributed by atoms with E-state index in [4.69, 9.17) is 27.9 Å². The Balaban J connectivity index is 1.74. The largest absolute Gasteiger partial charge is 0.482 e. The number of hydrogen-bond acceptors (Lipinski definition) is 3. The molecule has 1 heterocycles. The molecule has 0 aliphatic carbocycles. The van der Waals surface area contributed by atoms with Crippen LogP contribution in [0.15, 0.2) is 42.7 Å². The number of benzene rings is 1. The molecule has 0 spiro atoms. The predicted molar refractivity (Wildman–Crippen MR) is 82.9 cm³/mol. The first kappa shape index (κ1) is 15.6. The summed E-state index contributed by atoms with van der Waals surface area (Å²) in [7, 11) is 0. The molecule has 0 saturated heterocycles. The number of pyridine rings is 1. The minimum atomic E-state index is -0.213. The van der Waals surface area contributed by atoms with Gasteiger partial charge in [0.15, 0.2) is 6.61 Å². The van der Waals surface area contributed by atoms with Crippen molar-refractivity contribution in [2.24, 2.45) is 0 Å². The summed E-state index contributed by atoms with van der Waals surface area (Å²) in [6, 6.07) is 8.68. The van der Waals surface area contributed by atoms with Crippen LogP contribution in [-0.4, -0.2) is 24.0 Å². The summed E-state index contributed by atoms with van der Waals surface area (Å²) in [5.74, 6) is 0.182. The van der Waals surface area contributed by atoms with Crippen LogP contribution in [0.2, 0.25) is 10.0 Å². The molecular weight excluding hydrogens is 311 g/mol. The second-order valence-corrected chi connectivity index (χ2v) is 5.17. The van der Waals surface area contributed by atoms with Gasteiger partial charge in [0.25, 0.3) is 5.91 Å². The fraction of sp³-hybridized carbons (Fsp3) is 0.200. The molecule has 1 aromatic carbocycles. The lowest BCUT2D eigenvalue weighted by atomic mass is 10.2. The van der Waals surface area contributed by atoms with Crippen molar-refractivity contribution >= 4 is 29.1 Å². The number of aromatic nitrogens is 1. The number of carbonyl (C=O) groups is 1. The molecule has 2 rings (SSSR count). The second-order valence-electron chi connectivity index (χ2n) is 4.32. The van der Waals surface area contributed by atoms with E-state index in [0.29, 0.717) is 22.3 Å². The average molecular weight is 325 g/mol. The molecule has 1 amide bonds. The first-order chi connectivity index (χ1) is 10.1. The molecule has 0 unspecified atom stereocenters. The van der Waals surface area contributed by atoms with E-state index in [0.717, 1.165) is 12.0 Å². The highest BCUT2D eigenvalue weighted by Gasteiger charge is 2.06. The Bertz CT molecular complexity index is 606. The highest BCUT2D eigenvalue weighted by Crippen LogP contribution is 2.27. The van der Waals surface area contributed by atoms with Gasteiger partial charge in [0.2, 0.25) is 0 Å². The summed E-state index contributed by atoms with van der Waals surface area (Å²) in [6.45, 7) is 0.421. The SMILES string of the molecule is O=C(COc1cc(Cl)ccc1Cl)NCCc1cccnc1. The summed E-state index contributed by atoms with van der Waals surface area (Å²) >= 11 is 11.8. The van der Waals surface area contributed by atoms with Crippen LogP contribution in [0, 0.1) is 0 Å². The summed E-state index contributed by atoms with van der Waals surface area (Å²) in [4.78, 5) is 15.7. The van der Waals surface area contributed by atoms with Gasteiger partial charge in [-0.3, -0.25) is 9.78 Å². The van der Waals surface area contributed by atoms with E-state index in [9.17, 15) is 4.79 Å². The number of halogens is 2. The Morgan fingerprint density at radius 1 is 1.29 bits per heavy atom. The number of carbonyl (C=O) groups excluding carboxylic acids is 1. The van der Waals surface area contributed by atoms with Gasteiger partial charge in [-0.1, -0.05) is 29.3 Å². The van der Waals surface area contributed by atoms with E-state index in [1.54, 1.807) is 30.6 Å². The van der Waals surface area contributed by atoms with Gasteiger partial charge in [0.05, 0.1) is 5.02 Å². The first-order valence-corrected chi connectivity index (χ1v) is 7.14. The Hall–Kier alpha value is -1.78. The minimum absolute atomic E-state index is 0.104. The molecule has 2 aromatic rings. The van der Waals surface area contributed by atoms with Crippen LogP contribution in [0.4, 0.5) is 0 Å². The van der Waals surface area contributed by atoms with Crippen molar-refractivity contribution in [3.63, 3.8) is 0 Å². The zero-order valence-electron chi connectivity index (χ0n) is 11.2. The van der Waals surface area contributed by atoms with Crippen molar-refractivity contribution in [2.75, 3.05) is 13.2 Å². The van der Waals surface area contributed by atoms with Gasteiger partial charge in [0.1, 0.15) is 5.75 Å². The van der Waals surface area contributed by atoms with Crippen molar-refractivity contribution in [3.05, 3.63) is 58.3 Å². The van der Waals surface area contributed by atoms with Crippen molar-refractivity contribution in [1.29, 1.82) is 0 Å². The summed E-state index contributed by atoms with van der Waals surface area (Å²) in [6.07, 6.45) is 4.20. The minimum Gasteiger partial charge on any atom is -0.482 e. The second kappa shape index (κ2) is 7.86. The van der Waals surface area contributed by atoms with E-state index in [1.165, 1.54) is 0 Å². The molecule has 1 aromatic heterocycles. The van der Waals surface area contributed by atoms with Crippen LogP contribution < -0.4 is 10.1 Å². The lowest BCUT2D eigenvalue weighted by Crippen LogP contribution is -2.30. The highest BCUT2D eigenvalue weighted by molar-refractivity contribution is 6.34. The van der Waals surface area contributed by atoms with Gasteiger partial charge in [0, 0.05) is 30.0 Å². The molecule has 6 heteroatoms. The third-order valence-corrected chi connectivity index (χ3v) is 3.26. The first-order valence-electron chi connectivity index (χ1n) is 6.38. The topological polar surface area (TPSA) is 51.2 Å². The molecule has 21 heavy (non-hydrogen) atoms. The number of hydrogen-bond donors (Lipinski definition) is 1. The fourth-order valence-corrected chi connectivity index (χ4v) is 2.01. The molecule has 4 nitrogen and oxygen atoms in total. The number of amides is 1. The van der Waals surface area contributed by atoms with Crippen molar-refractivity contribution in [1.82, 2.24) is 10.3 Å². The quantitative estimate of drug-likeness (QED) is 0.888. The van der Waals surface area contributed by atoms with Crippen molar-refractivity contribution < 1.29 is 9.53 Å². The van der Waals surface area contributed by atoms with Crippen LogP contribution in [-0.2, 0) is 11.2 Å². The lowest BCUT2D eigenvalue weighted by Gasteiger charge is -2.09. The van der Waals surface area contributed by atoms with Gasteiger partial charge in [-0.05, 0) is 30.2 Å². The number of nitrogens with one attached hydrogen (secondary N) is 1. The number of rotatable bonds is 6. The monoisotopic (exact) mass is 324 g/mol. The molecule has 0 fully saturated rings. The van der Waals surface area contributed by atoms with Crippen molar-refractivity contribution in [3.8, 4) is 5.75 Å². The zero-order chi connectivity index (χ0) is 15.1. The predicted octanol–water partition coefficient (Wildman–Crippen LogP) is 3.13. The van der Waals surface area contributed by atoms with Crippen LogP contribution in [0.3, 0.4) is 0 Å². The van der Waals surface area contributed by atoms with Gasteiger partial charge in [-0.25, -0.2) is 0 Å². The van der Waals surface area contributed by atoms with Gasteiger partial charge in [-0.15, -0.1) is 0 Å². The molecule has 110 valence electrons. The molecule has 0 atom stereocenters. The third kappa shape index (κ3) is 5.25. The number of ether oxygens (including phenoxy) is 1. The zero-order valence-corrected chi connectivity index (χ0v) is 12.7. The fourth-order valence-electron chi connectivity index (χ4n) is 1.67. The van der Waals surface area contributed by atoms with Crippen LogP contribution in [0.1, 0.15) is 5.56 Å². The Morgan fingerprint density at radius 3 is 2.90 bits per heavy atom. The Kier molecular flexibility index (Phi) is 5.84. The molecule has 0 radical (unpaired) electrons. The van der Waals surface area contributed by atoms with Crippen molar-refractivity contribution in [2.45, 2.75) is 6.42 Å². The van der Waals surface area contributed by atoms with E-state index in [2.05, 4.69) is 10.3 Å². The third-order valence-electron chi connectivity index (χ3n) is 2.71. The van der Waals surface area contributed by atoms with E-state index in [1.807, 2.05) is 12.1 Å². The van der Waals surface area contributed by atoms with Gasteiger partial charge < -0.3 is 10.1 Å². The summed E-state index contributed by atoms with van der Waals surface area (Å²) in [5, 5.41) is 3.69. The van der Waals surface area contributed by atoms with E-state index < -0.39 is 0 Å². The maximum absolute atomic E-state index is 11.7. The molecule has 0 bridgehead atoms. The molecule has 1 N–H and O–H groups in total. The highest BCUT2D eigenvalue weighted by atomic mass is 35.5. The molecule has 0 aliphatic rings. The van der Waals surface area contributed by atoms with Gasteiger partial charge >= 0.3 is 0 Å². The Morgan fingerprint density at radius 2 is 2.14 bits per heavy atom. The summed E-state index contributed by atoms with van der Waals surface area (Å²) in [5.41, 5.74) is 1.07. The molecule has 0 aliphatic heterocycles. The smallest absolute Gasteiger partial charge is 0.257 e. The summed E-state index contributed by atoms with van der Waals surface area (Å²) < 4.78 is 5.34. The lowest BCUT2D eigenvalue weighted by molar-refractivity contribution is -0.123. The maximum atomic E-state index is 11.7. The normalized spacial score (nSPS) is 10.2. The van der Waals surface area contributed by atoms with Gasteiger partial charge in [-0.2, -0.15) is 0 Å². The van der Waals surface area contributed by atoms with Crippen LogP contribution >= 0.6 is 23.2 Å². The molecular formula is C15H14Cl2N2O2. The van der Waals surface area contributed by atoms with E-state index >= 15 is 0 Å². The molecule has 0 saturated carbocycles. The van der Waals surface area contributed by atoms with Crippen LogP contribution in [0.25, 0.3) is 0 Å². The van der Waals surface area contributed by atoms with E-state index in [-0.39, 0.29) is 12.5 Å². The standard InChI is InChI=1S/C15H14Cl2N2O2/c16-12-3-4-13(17)14(8-12)21-10-15(20)19-7-5-11-2-1-6-18-9-11/h1-4,6,8-9H,5,7,10H2,(H,19,20). The Labute approximate surface area is 133 Å². The van der Waals surface area contributed by atoms with Crippen LogP contribution in [0.5, 0.6) is 5.75 Å². The number of nitrogens with zero attached hydrogens (tertiary/aromatic N) is 1. The maximum Gasteiger partial charge on any atom is 0.257 e.